The molecule has 1 aliphatic carbocycles. The van der Waals surface area contributed by atoms with E-state index in [1.54, 1.807) is 72.8 Å². The fourth-order valence-electron chi connectivity index (χ4n) is 3.41. The average molecular weight is 454 g/mol. The number of ketones is 2. The van der Waals surface area contributed by atoms with Crippen LogP contribution >= 0.6 is 0 Å². The molecule has 0 bridgehead atoms. The van der Waals surface area contributed by atoms with E-state index in [0.717, 1.165) is 11.4 Å². The van der Waals surface area contributed by atoms with Crippen LogP contribution in [0.4, 0.5) is 11.4 Å². The van der Waals surface area contributed by atoms with Gasteiger partial charge in [-0.15, -0.1) is 0 Å². The van der Waals surface area contributed by atoms with Gasteiger partial charge in [0.2, 0.25) is 29.0 Å². The van der Waals surface area contributed by atoms with E-state index >= 15 is 0 Å². The van der Waals surface area contributed by atoms with Crippen LogP contribution in [-0.2, 0) is 4.79 Å². The summed E-state index contributed by atoms with van der Waals surface area (Å²) in [6.07, 6.45) is 0. The fraction of sp³-hybridized carbons (Fsp3) is 0.0741. The van der Waals surface area contributed by atoms with Gasteiger partial charge in [-0.1, -0.05) is 30.8 Å². The third-order valence-electron chi connectivity index (χ3n) is 4.86. The molecule has 7 nitrogen and oxygen atoms in total. The van der Waals surface area contributed by atoms with E-state index in [0.29, 0.717) is 17.2 Å². The average Bonchev–Trinajstić information content (AvgIpc) is 2.81. The summed E-state index contributed by atoms with van der Waals surface area (Å²) >= 11 is 0. The van der Waals surface area contributed by atoms with E-state index in [9.17, 15) is 14.4 Å². The van der Waals surface area contributed by atoms with Crippen LogP contribution in [0.15, 0.2) is 96.6 Å². The van der Waals surface area contributed by atoms with Gasteiger partial charge < -0.3 is 20.1 Å². The Balaban J connectivity index is 1.69. The molecule has 3 aromatic rings. The Morgan fingerprint density at radius 1 is 0.676 bits per heavy atom. The SMILES string of the molecule is C=C(C)Nc1ccc(OC2=C(Oc3ccc(NC(C)=O)cc3)C(=O)c3ccccc3C2=O)cc1. The number of Topliss-reactive ketones (excluding diaryl/α,β-unsaturated/α-hetero) is 2. The highest BCUT2D eigenvalue weighted by Gasteiger charge is 2.36. The van der Waals surface area contributed by atoms with E-state index in [1.807, 2.05) is 6.92 Å². The zero-order valence-electron chi connectivity index (χ0n) is 18.7. The van der Waals surface area contributed by atoms with Crippen LogP contribution in [0.2, 0.25) is 0 Å². The Kier molecular flexibility index (Phi) is 6.27. The zero-order chi connectivity index (χ0) is 24.2. The van der Waals surface area contributed by atoms with E-state index < -0.39 is 11.6 Å². The molecule has 0 spiro atoms. The van der Waals surface area contributed by atoms with Crippen molar-refractivity contribution in [3.63, 3.8) is 0 Å². The lowest BCUT2D eigenvalue weighted by Gasteiger charge is -2.21. The van der Waals surface area contributed by atoms with Crippen molar-refractivity contribution in [3.8, 4) is 11.5 Å². The number of ether oxygens (including phenoxy) is 2. The first-order valence-electron chi connectivity index (χ1n) is 10.5. The highest BCUT2D eigenvalue weighted by atomic mass is 16.5. The first-order valence-corrected chi connectivity index (χ1v) is 10.5. The zero-order valence-corrected chi connectivity index (χ0v) is 18.7. The molecule has 0 unspecified atom stereocenters. The molecule has 0 fully saturated rings. The van der Waals surface area contributed by atoms with Crippen LogP contribution in [0.5, 0.6) is 11.5 Å². The van der Waals surface area contributed by atoms with E-state index in [2.05, 4.69) is 17.2 Å². The standard InChI is InChI=1S/C27H22N2O5/c1-16(2)28-18-8-12-20(13-9-18)33-26-24(31)22-6-4-5-7-23(22)25(32)27(26)34-21-14-10-19(11-15-21)29-17(3)30/h4-15,28H,1H2,2-3H3,(H,29,30). The number of nitrogens with one attached hydrogen (secondary N) is 2. The molecule has 0 saturated heterocycles. The van der Waals surface area contributed by atoms with Crippen LogP contribution < -0.4 is 20.1 Å². The summed E-state index contributed by atoms with van der Waals surface area (Å²) in [5, 5.41) is 5.75. The van der Waals surface area contributed by atoms with Crippen molar-refractivity contribution in [2.45, 2.75) is 13.8 Å². The van der Waals surface area contributed by atoms with Crippen LogP contribution in [0.25, 0.3) is 0 Å². The molecule has 0 atom stereocenters. The summed E-state index contributed by atoms with van der Waals surface area (Å²) in [4.78, 5) is 37.8. The lowest BCUT2D eigenvalue weighted by molar-refractivity contribution is -0.114. The van der Waals surface area contributed by atoms with E-state index in [-0.39, 0.29) is 28.6 Å². The molecular weight excluding hydrogens is 432 g/mol. The second-order valence-electron chi connectivity index (χ2n) is 7.70. The maximum absolute atomic E-state index is 13.3. The van der Waals surface area contributed by atoms with Gasteiger partial charge in [-0.3, -0.25) is 14.4 Å². The van der Waals surface area contributed by atoms with Gasteiger partial charge in [0.1, 0.15) is 11.5 Å². The number of anilines is 2. The number of carbonyl (C=O) groups excluding carboxylic acids is 3. The predicted molar refractivity (Wildman–Crippen MR) is 129 cm³/mol. The van der Waals surface area contributed by atoms with Crippen molar-refractivity contribution < 1.29 is 23.9 Å². The number of rotatable bonds is 7. The van der Waals surface area contributed by atoms with Crippen molar-refractivity contribution in [1.29, 1.82) is 0 Å². The van der Waals surface area contributed by atoms with Gasteiger partial charge >= 0.3 is 0 Å². The van der Waals surface area contributed by atoms with Crippen molar-refractivity contribution in [2.24, 2.45) is 0 Å². The summed E-state index contributed by atoms with van der Waals surface area (Å²) in [6.45, 7) is 7.05. The van der Waals surface area contributed by atoms with Gasteiger partial charge in [-0.05, 0) is 55.5 Å². The molecule has 7 heteroatoms. The largest absolute Gasteiger partial charge is 0.449 e. The molecule has 1 aliphatic rings. The highest BCUT2D eigenvalue weighted by Crippen LogP contribution is 2.31. The van der Waals surface area contributed by atoms with Gasteiger partial charge in [0, 0.05) is 35.1 Å². The monoisotopic (exact) mass is 454 g/mol. The molecule has 170 valence electrons. The Labute approximate surface area is 196 Å². The third-order valence-corrected chi connectivity index (χ3v) is 4.86. The van der Waals surface area contributed by atoms with Crippen molar-refractivity contribution in [2.75, 3.05) is 10.6 Å². The lowest BCUT2D eigenvalue weighted by Crippen LogP contribution is -2.27. The maximum atomic E-state index is 13.3. The van der Waals surface area contributed by atoms with Crippen LogP contribution in [-0.4, -0.2) is 17.5 Å². The second-order valence-corrected chi connectivity index (χ2v) is 7.70. The lowest BCUT2D eigenvalue weighted by atomic mass is 9.92. The first-order chi connectivity index (χ1) is 16.3. The minimum Gasteiger partial charge on any atom is -0.449 e. The van der Waals surface area contributed by atoms with Crippen LogP contribution in [0.3, 0.4) is 0 Å². The molecule has 0 heterocycles. The molecular formula is C27H22N2O5. The normalized spacial score (nSPS) is 12.6. The van der Waals surface area contributed by atoms with E-state index in [1.165, 1.54) is 6.92 Å². The smallest absolute Gasteiger partial charge is 0.233 e. The number of allylic oxidation sites excluding steroid dienone is 3. The van der Waals surface area contributed by atoms with Crippen LogP contribution in [0, 0.1) is 0 Å². The molecule has 0 saturated carbocycles. The van der Waals surface area contributed by atoms with E-state index in [4.69, 9.17) is 9.47 Å². The summed E-state index contributed by atoms with van der Waals surface area (Å²) in [5.41, 5.74) is 2.65. The van der Waals surface area contributed by atoms with Crippen molar-refractivity contribution in [1.82, 2.24) is 0 Å². The highest BCUT2D eigenvalue weighted by molar-refractivity contribution is 6.25. The van der Waals surface area contributed by atoms with Gasteiger partial charge in [-0.25, -0.2) is 0 Å². The quantitative estimate of drug-likeness (QED) is 0.501. The number of hydrogen-bond acceptors (Lipinski definition) is 6. The molecule has 34 heavy (non-hydrogen) atoms. The topological polar surface area (TPSA) is 93.7 Å². The second kappa shape index (κ2) is 9.46. The Morgan fingerprint density at radius 3 is 1.47 bits per heavy atom. The molecule has 3 aromatic carbocycles. The van der Waals surface area contributed by atoms with Gasteiger partial charge in [0.05, 0.1) is 0 Å². The number of benzene rings is 3. The van der Waals surface area contributed by atoms with Crippen molar-refractivity contribution >= 4 is 28.8 Å². The Bertz CT molecular complexity index is 1220. The van der Waals surface area contributed by atoms with Crippen molar-refractivity contribution in [3.05, 3.63) is 108 Å². The summed E-state index contributed by atoms with van der Waals surface area (Å²) in [5.74, 6) is -0.853. The fourth-order valence-corrected chi connectivity index (χ4v) is 3.41. The molecule has 0 aliphatic heterocycles. The Hall–Kier alpha value is -4.65. The van der Waals surface area contributed by atoms with Gasteiger partial charge in [-0.2, -0.15) is 0 Å². The predicted octanol–water partition coefficient (Wildman–Crippen LogP) is 5.34. The summed E-state index contributed by atoms with van der Waals surface area (Å²) in [6, 6.07) is 19.9. The summed E-state index contributed by atoms with van der Waals surface area (Å²) in [7, 11) is 0. The number of fused-ring (bicyclic) bond motifs is 1. The molecule has 1 amide bonds. The maximum Gasteiger partial charge on any atom is 0.233 e. The number of hydrogen-bond donors (Lipinski definition) is 2. The molecule has 4 rings (SSSR count). The molecule has 0 radical (unpaired) electrons. The van der Waals surface area contributed by atoms with Crippen LogP contribution in [0.1, 0.15) is 34.6 Å². The van der Waals surface area contributed by atoms with Gasteiger partial charge in [0.15, 0.2) is 0 Å². The Morgan fingerprint density at radius 2 is 1.09 bits per heavy atom. The first kappa shape index (κ1) is 22.5. The molecule has 2 N–H and O–H groups in total. The molecule has 0 aromatic heterocycles. The third kappa shape index (κ3) is 4.88. The van der Waals surface area contributed by atoms with Gasteiger partial charge in [0.25, 0.3) is 0 Å². The number of amides is 1. The minimum absolute atomic E-state index is 0.199. The minimum atomic E-state index is -0.461. The summed E-state index contributed by atoms with van der Waals surface area (Å²) < 4.78 is 11.8. The number of carbonyl (C=O) groups is 3.